The number of pyridine rings is 2. The summed E-state index contributed by atoms with van der Waals surface area (Å²) >= 11 is 0. The van der Waals surface area contributed by atoms with E-state index >= 15 is 0 Å². The lowest BCUT2D eigenvalue weighted by Crippen LogP contribution is -2.32. The first-order chi connectivity index (χ1) is 17.4. The minimum Gasteiger partial charge on any atom is -0.482 e. The number of carbonyl (C=O) groups excluding carboxylic acids is 2. The smallest absolute Gasteiger partial charge is 0.414 e. The molecular formula is C24H24FN5O6. The Kier molecular flexibility index (Phi) is 6.53. The molecule has 3 N–H and O–H groups in total. The number of aliphatic hydroxyl groups excluding tert-OH is 1. The van der Waals surface area contributed by atoms with Crippen LogP contribution in [0.25, 0.3) is 11.0 Å². The Morgan fingerprint density at radius 2 is 2.19 bits per heavy atom. The summed E-state index contributed by atoms with van der Waals surface area (Å²) in [5.74, 6) is 0.0811. The van der Waals surface area contributed by atoms with Gasteiger partial charge in [0.1, 0.15) is 23.2 Å². The minimum atomic E-state index is -0.849. The van der Waals surface area contributed by atoms with Crippen LogP contribution in [-0.4, -0.2) is 66.1 Å². The molecule has 2 amide bonds. The van der Waals surface area contributed by atoms with Crippen LogP contribution in [0.5, 0.6) is 11.6 Å². The van der Waals surface area contributed by atoms with Crippen molar-refractivity contribution in [3.8, 4) is 11.6 Å². The number of cyclic esters (lactones) is 1. The average molecular weight is 497 g/mol. The van der Waals surface area contributed by atoms with Gasteiger partial charge in [0.2, 0.25) is 5.88 Å². The lowest BCUT2D eigenvalue weighted by molar-refractivity contribution is -0.118. The van der Waals surface area contributed by atoms with Crippen molar-refractivity contribution in [1.82, 2.24) is 15.3 Å². The number of anilines is 2. The molecule has 2 aliphatic rings. The monoisotopic (exact) mass is 497 g/mol. The molecule has 1 saturated heterocycles. The summed E-state index contributed by atoms with van der Waals surface area (Å²) in [6, 6.07) is 8.37. The SMILES string of the molecule is COc1ccc2ncc(F)c(CNCC(O)CC3CN(c4ccc5c(c4)NC(=O)CO5)C(=O)O3)c2n1. The molecule has 2 aliphatic heterocycles. The minimum absolute atomic E-state index is 0.0547. The number of fused-ring (bicyclic) bond motifs is 2. The molecule has 11 nitrogen and oxygen atoms in total. The molecule has 1 aromatic carbocycles. The molecule has 1 fully saturated rings. The number of aromatic nitrogens is 2. The van der Waals surface area contributed by atoms with Gasteiger partial charge in [-0.2, -0.15) is 0 Å². The summed E-state index contributed by atoms with van der Waals surface area (Å²) in [7, 11) is 1.48. The number of hydrogen-bond acceptors (Lipinski definition) is 9. The van der Waals surface area contributed by atoms with Gasteiger partial charge < -0.3 is 30.0 Å². The van der Waals surface area contributed by atoms with E-state index in [2.05, 4.69) is 20.6 Å². The van der Waals surface area contributed by atoms with E-state index < -0.39 is 24.1 Å². The standard InChI is InChI=1S/C24H24FN5O6/c1-34-22-5-3-18-23(29-22)16(17(25)10-27-18)9-26-8-14(31)7-15-11-30(24(33)36-15)13-2-4-20-19(6-13)28-21(32)12-35-20/h2-6,10,14-15,26,31H,7-9,11-12H2,1H3,(H,28,32). The van der Waals surface area contributed by atoms with Crippen LogP contribution in [0, 0.1) is 5.82 Å². The number of rotatable bonds is 8. The van der Waals surface area contributed by atoms with Gasteiger partial charge in [-0.15, -0.1) is 0 Å². The van der Waals surface area contributed by atoms with E-state index in [-0.39, 0.29) is 38.6 Å². The topological polar surface area (TPSA) is 135 Å². The predicted octanol–water partition coefficient (Wildman–Crippen LogP) is 1.97. The van der Waals surface area contributed by atoms with Gasteiger partial charge in [-0.25, -0.2) is 14.2 Å². The highest BCUT2D eigenvalue weighted by atomic mass is 19.1. The molecule has 5 rings (SSSR count). The van der Waals surface area contributed by atoms with E-state index in [0.29, 0.717) is 39.6 Å². The van der Waals surface area contributed by atoms with Crippen molar-refractivity contribution in [3.63, 3.8) is 0 Å². The maximum absolute atomic E-state index is 14.4. The zero-order valence-corrected chi connectivity index (χ0v) is 19.4. The quantitative estimate of drug-likeness (QED) is 0.427. The number of hydrogen-bond donors (Lipinski definition) is 3. The first-order valence-electron chi connectivity index (χ1n) is 11.3. The highest BCUT2D eigenvalue weighted by Gasteiger charge is 2.34. The molecule has 12 heteroatoms. The average Bonchev–Trinajstić information content (AvgIpc) is 3.24. The molecule has 2 atom stereocenters. The maximum Gasteiger partial charge on any atom is 0.414 e. The van der Waals surface area contributed by atoms with E-state index in [9.17, 15) is 19.1 Å². The number of nitrogens with one attached hydrogen (secondary N) is 2. The van der Waals surface area contributed by atoms with Crippen molar-refractivity contribution in [2.45, 2.75) is 25.2 Å². The van der Waals surface area contributed by atoms with Crippen molar-refractivity contribution in [3.05, 3.63) is 47.9 Å². The largest absolute Gasteiger partial charge is 0.482 e. The van der Waals surface area contributed by atoms with Crippen molar-refractivity contribution < 1.29 is 33.3 Å². The van der Waals surface area contributed by atoms with Crippen LogP contribution in [0.15, 0.2) is 36.5 Å². The zero-order chi connectivity index (χ0) is 25.2. The Labute approximate surface area is 205 Å². The van der Waals surface area contributed by atoms with Crippen LogP contribution in [0.3, 0.4) is 0 Å². The van der Waals surface area contributed by atoms with Gasteiger partial charge in [-0.05, 0) is 24.3 Å². The van der Waals surface area contributed by atoms with E-state index in [1.807, 2.05) is 0 Å². The normalized spacial score (nSPS) is 17.9. The molecule has 2 unspecified atom stereocenters. The number of carbonyl (C=O) groups is 2. The van der Waals surface area contributed by atoms with Crippen molar-refractivity contribution in [2.24, 2.45) is 0 Å². The third-order valence-corrected chi connectivity index (χ3v) is 5.95. The number of methoxy groups -OCH3 is 1. The third kappa shape index (κ3) is 4.86. The van der Waals surface area contributed by atoms with Crippen LogP contribution in [0.2, 0.25) is 0 Å². The Bertz CT molecular complexity index is 1320. The lowest BCUT2D eigenvalue weighted by Gasteiger charge is -2.21. The molecule has 2 aromatic heterocycles. The molecule has 0 aliphatic carbocycles. The fraction of sp³-hybridized carbons (Fsp3) is 0.333. The van der Waals surface area contributed by atoms with Crippen molar-refractivity contribution >= 4 is 34.4 Å². The number of aliphatic hydroxyl groups is 1. The molecule has 3 aromatic rings. The second kappa shape index (κ2) is 9.91. The van der Waals surface area contributed by atoms with E-state index in [1.165, 1.54) is 12.0 Å². The number of benzene rings is 1. The van der Waals surface area contributed by atoms with Crippen LogP contribution < -0.4 is 25.0 Å². The predicted molar refractivity (Wildman–Crippen MR) is 127 cm³/mol. The van der Waals surface area contributed by atoms with E-state index in [0.717, 1.165) is 6.20 Å². The van der Waals surface area contributed by atoms with Crippen LogP contribution in [0.4, 0.5) is 20.6 Å². The van der Waals surface area contributed by atoms with Crippen molar-refractivity contribution in [2.75, 3.05) is 37.0 Å². The maximum atomic E-state index is 14.4. The summed E-state index contributed by atoms with van der Waals surface area (Å²) in [4.78, 5) is 33.8. The van der Waals surface area contributed by atoms with E-state index in [4.69, 9.17) is 14.2 Å². The number of nitrogens with zero attached hydrogens (tertiary/aromatic N) is 3. The van der Waals surface area contributed by atoms with Gasteiger partial charge in [-0.3, -0.25) is 14.7 Å². The fourth-order valence-electron chi connectivity index (χ4n) is 4.20. The highest BCUT2D eigenvalue weighted by molar-refractivity contribution is 5.97. The van der Waals surface area contributed by atoms with Gasteiger partial charge in [0, 0.05) is 36.8 Å². The summed E-state index contributed by atoms with van der Waals surface area (Å²) in [5, 5.41) is 16.2. The summed E-state index contributed by atoms with van der Waals surface area (Å²) in [5.41, 5.74) is 2.24. The molecule has 4 heterocycles. The molecular weight excluding hydrogens is 473 g/mol. The second-order valence-electron chi connectivity index (χ2n) is 8.46. The zero-order valence-electron chi connectivity index (χ0n) is 19.4. The summed E-state index contributed by atoms with van der Waals surface area (Å²) in [6.45, 7) is 0.433. The molecule has 36 heavy (non-hydrogen) atoms. The van der Waals surface area contributed by atoms with Gasteiger partial charge in [0.05, 0.1) is 37.2 Å². The number of amides is 2. The Balaban J connectivity index is 1.17. The van der Waals surface area contributed by atoms with Gasteiger partial charge >= 0.3 is 6.09 Å². The Morgan fingerprint density at radius 1 is 1.33 bits per heavy atom. The Hall–Kier alpha value is -4.03. The molecule has 188 valence electrons. The summed E-state index contributed by atoms with van der Waals surface area (Å²) in [6.07, 6.45) is -0.618. The first kappa shape index (κ1) is 23.7. The molecule has 0 saturated carbocycles. The second-order valence-corrected chi connectivity index (χ2v) is 8.46. The van der Waals surface area contributed by atoms with Gasteiger partial charge in [0.15, 0.2) is 6.61 Å². The lowest BCUT2D eigenvalue weighted by atomic mass is 10.1. The van der Waals surface area contributed by atoms with Gasteiger partial charge in [0.25, 0.3) is 5.91 Å². The van der Waals surface area contributed by atoms with Crippen LogP contribution in [0.1, 0.15) is 12.0 Å². The van der Waals surface area contributed by atoms with Gasteiger partial charge in [-0.1, -0.05) is 0 Å². The fourth-order valence-corrected chi connectivity index (χ4v) is 4.20. The first-order valence-corrected chi connectivity index (χ1v) is 11.3. The summed E-state index contributed by atoms with van der Waals surface area (Å²) < 4.78 is 30.3. The van der Waals surface area contributed by atoms with E-state index in [1.54, 1.807) is 30.3 Å². The van der Waals surface area contributed by atoms with Crippen LogP contribution >= 0.6 is 0 Å². The number of halogens is 1. The third-order valence-electron chi connectivity index (χ3n) is 5.95. The molecule has 0 radical (unpaired) electrons. The van der Waals surface area contributed by atoms with Crippen LogP contribution in [-0.2, 0) is 16.1 Å². The highest BCUT2D eigenvalue weighted by Crippen LogP contribution is 2.34. The van der Waals surface area contributed by atoms with Crippen molar-refractivity contribution in [1.29, 1.82) is 0 Å². The molecule has 0 bridgehead atoms. The molecule has 0 spiro atoms. The Morgan fingerprint density at radius 3 is 3.03 bits per heavy atom. The number of ether oxygens (including phenoxy) is 3.